The molecule has 0 spiro atoms. The van der Waals surface area contributed by atoms with E-state index in [0.717, 1.165) is 4.90 Å². The SMILES string of the molecule is CC(NS(=O)(=O)CCSc1ccc(N)cc1)c1ncn[nH]1. The van der Waals surface area contributed by atoms with E-state index in [1.54, 1.807) is 19.1 Å². The zero-order chi connectivity index (χ0) is 15.3. The van der Waals surface area contributed by atoms with Crippen LogP contribution in [-0.4, -0.2) is 35.1 Å². The lowest BCUT2D eigenvalue weighted by atomic mass is 10.3. The van der Waals surface area contributed by atoms with Crippen LogP contribution in [0.1, 0.15) is 18.8 Å². The molecule has 21 heavy (non-hydrogen) atoms. The van der Waals surface area contributed by atoms with Crippen molar-refractivity contribution in [2.75, 3.05) is 17.2 Å². The van der Waals surface area contributed by atoms with Crippen LogP contribution in [0.15, 0.2) is 35.5 Å². The van der Waals surface area contributed by atoms with Crippen molar-refractivity contribution in [3.8, 4) is 0 Å². The van der Waals surface area contributed by atoms with Crippen molar-refractivity contribution in [3.63, 3.8) is 0 Å². The smallest absolute Gasteiger partial charge is 0.213 e. The van der Waals surface area contributed by atoms with Crippen molar-refractivity contribution >= 4 is 27.5 Å². The van der Waals surface area contributed by atoms with Crippen molar-refractivity contribution in [1.29, 1.82) is 0 Å². The molecule has 9 heteroatoms. The summed E-state index contributed by atoms with van der Waals surface area (Å²) in [4.78, 5) is 4.91. The standard InChI is InChI=1S/C12H17N5O2S2/c1-9(12-14-8-15-16-12)17-21(18,19)7-6-20-11-4-2-10(13)3-5-11/h2-5,8-9,17H,6-7,13H2,1H3,(H,14,15,16). The number of aromatic amines is 1. The van der Waals surface area contributed by atoms with Gasteiger partial charge in [-0.2, -0.15) is 5.10 Å². The molecular weight excluding hydrogens is 310 g/mol. The van der Waals surface area contributed by atoms with Gasteiger partial charge in [0.1, 0.15) is 12.2 Å². The van der Waals surface area contributed by atoms with Gasteiger partial charge in [0.05, 0.1) is 11.8 Å². The first-order valence-electron chi connectivity index (χ1n) is 6.30. The van der Waals surface area contributed by atoms with E-state index >= 15 is 0 Å². The van der Waals surface area contributed by atoms with Crippen molar-refractivity contribution in [2.45, 2.75) is 17.9 Å². The Hall–Kier alpha value is -1.58. The number of nitrogens with zero attached hydrogens (tertiary/aromatic N) is 2. The predicted molar refractivity (Wildman–Crippen MR) is 83.3 cm³/mol. The number of anilines is 1. The average Bonchev–Trinajstić information content (AvgIpc) is 2.94. The largest absolute Gasteiger partial charge is 0.399 e. The fraction of sp³-hybridized carbons (Fsp3) is 0.333. The third kappa shape index (κ3) is 5.03. The van der Waals surface area contributed by atoms with Crippen LogP contribution >= 0.6 is 11.8 Å². The lowest BCUT2D eigenvalue weighted by molar-refractivity contribution is 0.562. The van der Waals surface area contributed by atoms with E-state index in [4.69, 9.17) is 5.73 Å². The Bertz CT molecular complexity index is 655. The highest BCUT2D eigenvalue weighted by atomic mass is 32.2. The summed E-state index contributed by atoms with van der Waals surface area (Å²) < 4.78 is 26.5. The highest BCUT2D eigenvalue weighted by Crippen LogP contribution is 2.19. The Balaban J connectivity index is 1.82. The van der Waals surface area contributed by atoms with Crippen LogP contribution in [0.5, 0.6) is 0 Å². The van der Waals surface area contributed by atoms with Crippen LogP contribution in [0, 0.1) is 0 Å². The quantitative estimate of drug-likeness (QED) is 0.519. The zero-order valence-corrected chi connectivity index (χ0v) is 13.1. The maximum Gasteiger partial charge on any atom is 0.213 e. The summed E-state index contributed by atoms with van der Waals surface area (Å²) in [5.41, 5.74) is 6.29. The van der Waals surface area contributed by atoms with Crippen LogP contribution in [0.2, 0.25) is 0 Å². The van der Waals surface area contributed by atoms with Gasteiger partial charge in [-0.25, -0.2) is 18.1 Å². The summed E-state index contributed by atoms with van der Waals surface area (Å²) in [5.74, 6) is 0.980. The second-order valence-corrected chi connectivity index (χ2v) is 7.49. The molecule has 0 bridgehead atoms. The topological polar surface area (TPSA) is 114 Å². The highest BCUT2D eigenvalue weighted by Gasteiger charge is 2.17. The molecule has 4 N–H and O–H groups in total. The number of rotatable bonds is 7. The summed E-state index contributed by atoms with van der Waals surface area (Å²) in [6, 6.07) is 6.90. The molecule has 114 valence electrons. The fourth-order valence-electron chi connectivity index (χ4n) is 1.64. The van der Waals surface area contributed by atoms with E-state index in [1.807, 2.05) is 12.1 Å². The fourth-order valence-corrected chi connectivity index (χ4v) is 4.18. The third-order valence-corrected chi connectivity index (χ3v) is 5.43. The third-order valence-electron chi connectivity index (χ3n) is 2.70. The molecule has 2 aromatic rings. The highest BCUT2D eigenvalue weighted by molar-refractivity contribution is 8.00. The first-order valence-corrected chi connectivity index (χ1v) is 8.94. The summed E-state index contributed by atoms with van der Waals surface area (Å²) >= 11 is 1.47. The molecule has 0 radical (unpaired) electrons. The first kappa shape index (κ1) is 15.8. The number of sulfonamides is 1. The molecule has 1 aromatic heterocycles. The Morgan fingerprint density at radius 3 is 2.71 bits per heavy atom. The molecule has 0 aliphatic rings. The van der Waals surface area contributed by atoms with Gasteiger partial charge in [0.2, 0.25) is 10.0 Å². The molecule has 0 saturated carbocycles. The van der Waals surface area contributed by atoms with E-state index in [2.05, 4.69) is 19.9 Å². The van der Waals surface area contributed by atoms with Gasteiger partial charge < -0.3 is 5.73 Å². The Morgan fingerprint density at radius 2 is 2.10 bits per heavy atom. The van der Waals surface area contributed by atoms with Crippen LogP contribution in [0.25, 0.3) is 0 Å². The van der Waals surface area contributed by atoms with E-state index < -0.39 is 16.1 Å². The van der Waals surface area contributed by atoms with Crippen molar-refractivity contribution < 1.29 is 8.42 Å². The van der Waals surface area contributed by atoms with Crippen molar-refractivity contribution in [3.05, 3.63) is 36.4 Å². The van der Waals surface area contributed by atoms with Crippen LogP contribution in [0.3, 0.4) is 0 Å². The number of H-pyrrole nitrogens is 1. The van der Waals surface area contributed by atoms with Crippen LogP contribution in [-0.2, 0) is 10.0 Å². The molecule has 0 aliphatic heterocycles. The number of benzene rings is 1. The average molecular weight is 327 g/mol. The van der Waals surface area contributed by atoms with Crippen LogP contribution in [0.4, 0.5) is 5.69 Å². The second-order valence-electron chi connectivity index (χ2n) is 4.45. The monoisotopic (exact) mass is 327 g/mol. The lowest BCUT2D eigenvalue weighted by Crippen LogP contribution is -2.30. The molecule has 0 saturated heterocycles. The van der Waals surface area contributed by atoms with Gasteiger partial charge in [-0.3, -0.25) is 5.10 Å². The Kier molecular flexibility index (Phi) is 5.21. The van der Waals surface area contributed by atoms with Gasteiger partial charge in [-0.05, 0) is 31.2 Å². The number of hydrogen-bond acceptors (Lipinski definition) is 6. The van der Waals surface area contributed by atoms with Gasteiger partial charge in [-0.15, -0.1) is 11.8 Å². The molecule has 1 aromatic carbocycles. The minimum Gasteiger partial charge on any atom is -0.399 e. The van der Waals surface area contributed by atoms with E-state index in [-0.39, 0.29) is 5.75 Å². The van der Waals surface area contributed by atoms with E-state index in [9.17, 15) is 8.42 Å². The minimum absolute atomic E-state index is 0.0283. The summed E-state index contributed by atoms with van der Waals surface area (Å²) in [7, 11) is -3.37. The lowest BCUT2D eigenvalue weighted by Gasteiger charge is -2.11. The summed E-state index contributed by atoms with van der Waals surface area (Å²) in [6.45, 7) is 1.71. The number of nitrogens with two attached hydrogens (primary N) is 1. The molecular formula is C12H17N5O2S2. The zero-order valence-electron chi connectivity index (χ0n) is 11.5. The first-order chi connectivity index (χ1) is 9.96. The number of nitrogen functional groups attached to an aromatic ring is 1. The molecule has 0 aliphatic carbocycles. The van der Waals surface area contributed by atoms with Gasteiger partial charge in [0.25, 0.3) is 0 Å². The normalized spacial score (nSPS) is 13.2. The summed E-state index contributed by atoms with van der Waals surface area (Å²) in [6.07, 6.45) is 1.34. The number of hydrogen-bond donors (Lipinski definition) is 3. The molecule has 1 atom stereocenters. The number of thioether (sulfide) groups is 1. The molecule has 1 unspecified atom stereocenters. The van der Waals surface area contributed by atoms with Gasteiger partial charge in [0, 0.05) is 16.3 Å². The van der Waals surface area contributed by atoms with Gasteiger partial charge >= 0.3 is 0 Å². The number of aromatic nitrogens is 3. The van der Waals surface area contributed by atoms with Gasteiger partial charge in [0.15, 0.2) is 0 Å². The second kappa shape index (κ2) is 6.92. The maximum atomic E-state index is 12.0. The molecule has 0 fully saturated rings. The number of nitrogens with one attached hydrogen (secondary N) is 2. The van der Waals surface area contributed by atoms with Gasteiger partial charge in [-0.1, -0.05) is 0 Å². The molecule has 0 amide bonds. The van der Waals surface area contributed by atoms with E-state index in [1.165, 1.54) is 18.1 Å². The molecule has 7 nitrogen and oxygen atoms in total. The summed E-state index contributed by atoms with van der Waals surface area (Å²) in [5, 5.41) is 6.34. The Morgan fingerprint density at radius 1 is 1.38 bits per heavy atom. The minimum atomic E-state index is -3.37. The van der Waals surface area contributed by atoms with Crippen molar-refractivity contribution in [2.24, 2.45) is 0 Å². The predicted octanol–water partition coefficient (Wildman–Crippen LogP) is 1.16. The van der Waals surface area contributed by atoms with Crippen molar-refractivity contribution in [1.82, 2.24) is 19.9 Å². The maximum absolute atomic E-state index is 12.0. The van der Waals surface area contributed by atoms with Crippen LogP contribution < -0.4 is 10.5 Å². The van der Waals surface area contributed by atoms with E-state index in [0.29, 0.717) is 17.3 Å². The molecule has 2 rings (SSSR count). The molecule has 1 heterocycles. The Labute approximate surface area is 127 Å².